The Morgan fingerprint density at radius 1 is 1.45 bits per heavy atom. The Morgan fingerprint density at radius 2 is 2.27 bits per heavy atom. The summed E-state index contributed by atoms with van der Waals surface area (Å²) in [4.78, 5) is 20.4. The Balaban J connectivity index is 1.66. The molecule has 2 aromatic rings. The molecule has 0 aliphatic heterocycles. The van der Waals surface area contributed by atoms with Crippen molar-refractivity contribution in [3.63, 3.8) is 0 Å². The Labute approximate surface area is 133 Å². The SMILES string of the molecule is CCc1nc([C@@H](C)NC(=O)NCCCc2nc(C)no2)cs1. The van der Waals surface area contributed by atoms with Gasteiger partial charge in [-0.25, -0.2) is 9.78 Å². The van der Waals surface area contributed by atoms with Crippen molar-refractivity contribution in [3.05, 3.63) is 27.8 Å². The lowest BCUT2D eigenvalue weighted by Gasteiger charge is -2.12. The largest absolute Gasteiger partial charge is 0.339 e. The lowest BCUT2D eigenvalue weighted by atomic mass is 10.2. The van der Waals surface area contributed by atoms with Gasteiger partial charge in [0, 0.05) is 18.3 Å². The molecular formula is C14H21N5O2S. The fraction of sp³-hybridized carbons (Fsp3) is 0.571. The third kappa shape index (κ3) is 4.80. The van der Waals surface area contributed by atoms with E-state index in [1.54, 1.807) is 18.3 Å². The molecule has 2 aromatic heterocycles. The Kier molecular flexibility index (Phi) is 5.88. The number of hydrogen-bond acceptors (Lipinski definition) is 6. The molecule has 2 N–H and O–H groups in total. The van der Waals surface area contributed by atoms with Gasteiger partial charge in [-0.3, -0.25) is 0 Å². The van der Waals surface area contributed by atoms with E-state index in [1.165, 1.54) is 0 Å². The summed E-state index contributed by atoms with van der Waals surface area (Å²) in [6.45, 7) is 6.33. The number of nitrogens with one attached hydrogen (secondary N) is 2. The molecule has 8 heteroatoms. The van der Waals surface area contributed by atoms with Crippen molar-refractivity contribution in [1.82, 2.24) is 25.8 Å². The van der Waals surface area contributed by atoms with Crippen LogP contribution in [-0.2, 0) is 12.8 Å². The molecule has 0 unspecified atom stereocenters. The van der Waals surface area contributed by atoms with Crippen molar-refractivity contribution < 1.29 is 9.32 Å². The first-order chi connectivity index (χ1) is 10.6. The summed E-state index contributed by atoms with van der Waals surface area (Å²) in [5.41, 5.74) is 0.901. The fourth-order valence-corrected chi connectivity index (χ4v) is 2.73. The molecule has 22 heavy (non-hydrogen) atoms. The highest BCUT2D eigenvalue weighted by molar-refractivity contribution is 7.09. The molecule has 0 saturated heterocycles. The summed E-state index contributed by atoms with van der Waals surface area (Å²) in [5.74, 6) is 1.23. The average molecular weight is 323 g/mol. The number of aryl methyl sites for hydroxylation is 3. The minimum atomic E-state index is -0.194. The monoisotopic (exact) mass is 323 g/mol. The van der Waals surface area contributed by atoms with Gasteiger partial charge in [0.25, 0.3) is 0 Å². The number of rotatable bonds is 7. The maximum Gasteiger partial charge on any atom is 0.315 e. The second kappa shape index (κ2) is 7.88. The number of nitrogens with zero attached hydrogens (tertiary/aromatic N) is 3. The second-order valence-corrected chi connectivity index (χ2v) is 5.92. The molecule has 0 aliphatic rings. The smallest absolute Gasteiger partial charge is 0.315 e. The van der Waals surface area contributed by atoms with Crippen LogP contribution >= 0.6 is 11.3 Å². The molecule has 0 radical (unpaired) electrons. The van der Waals surface area contributed by atoms with E-state index < -0.39 is 0 Å². The van der Waals surface area contributed by atoms with Gasteiger partial charge < -0.3 is 15.2 Å². The molecule has 0 bridgehead atoms. The molecule has 0 aromatic carbocycles. The maximum absolute atomic E-state index is 11.8. The number of aromatic nitrogens is 3. The Bertz CT molecular complexity index is 610. The van der Waals surface area contributed by atoms with Crippen LogP contribution < -0.4 is 10.6 Å². The third-order valence-electron chi connectivity index (χ3n) is 3.09. The molecule has 0 aliphatic carbocycles. The van der Waals surface area contributed by atoms with Gasteiger partial charge in [-0.1, -0.05) is 12.1 Å². The van der Waals surface area contributed by atoms with Gasteiger partial charge in [-0.05, 0) is 26.7 Å². The number of thiazole rings is 1. The molecule has 0 spiro atoms. The van der Waals surface area contributed by atoms with Crippen molar-refractivity contribution in [2.75, 3.05) is 6.54 Å². The molecule has 2 rings (SSSR count). The van der Waals surface area contributed by atoms with Crippen molar-refractivity contribution in [1.29, 1.82) is 0 Å². The standard InChI is InChI=1S/C14H21N5O2S/c1-4-13-18-11(8-22-13)9(2)16-14(20)15-7-5-6-12-17-10(3)19-21-12/h8-9H,4-7H2,1-3H3,(H2,15,16,20)/t9-/m1/s1. The zero-order chi connectivity index (χ0) is 15.9. The van der Waals surface area contributed by atoms with Gasteiger partial charge in [0.05, 0.1) is 16.7 Å². The summed E-state index contributed by atoms with van der Waals surface area (Å²) in [6, 6.07) is -0.296. The van der Waals surface area contributed by atoms with Gasteiger partial charge in [0.15, 0.2) is 5.82 Å². The maximum atomic E-state index is 11.8. The first-order valence-electron chi connectivity index (χ1n) is 7.36. The summed E-state index contributed by atoms with van der Waals surface area (Å²) < 4.78 is 5.01. The van der Waals surface area contributed by atoms with Crippen LogP contribution in [-0.4, -0.2) is 27.7 Å². The van der Waals surface area contributed by atoms with E-state index in [0.717, 1.165) is 23.5 Å². The fourth-order valence-electron chi connectivity index (χ4n) is 1.89. The molecule has 7 nitrogen and oxygen atoms in total. The minimum absolute atomic E-state index is 0.102. The average Bonchev–Trinajstić information content (AvgIpc) is 3.12. The Morgan fingerprint density at radius 3 is 2.91 bits per heavy atom. The molecule has 0 saturated carbocycles. The number of carbonyl (C=O) groups is 1. The number of carbonyl (C=O) groups excluding carboxylic acids is 1. The molecule has 2 amide bonds. The van der Waals surface area contributed by atoms with Gasteiger partial charge in [-0.15, -0.1) is 11.3 Å². The van der Waals surface area contributed by atoms with Crippen LogP contribution in [0.15, 0.2) is 9.90 Å². The second-order valence-electron chi connectivity index (χ2n) is 4.98. The van der Waals surface area contributed by atoms with E-state index in [0.29, 0.717) is 24.7 Å². The molecule has 1 atom stereocenters. The summed E-state index contributed by atoms with van der Waals surface area (Å²) in [5, 5.41) is 12.5. The van der Waals surface area contributed by atoms with E-state index in [1.807, 2.05) is 12.3 Å². The first kappa shape index (κ1) is 16.4. The Hall–Kier alpha value is -1.96. The van der Waals surface area contributed by atoms with Crippen LogP contribution in [0.2, 0.25) is 0 Å². The van der Waals surface area contributed by atoms with E-state index in [-0.39, 0.29) is 12.1 Å². The first-order valence-corrected chi connectivity index (χ1v) is 8.24. The third-order valence-corrected chi connectivity index (χ3v) is 4.10. The van der Waals surface area contributed by atoms with Gasteiger partial charge in [-0.2, -0.15) is 4.98 Å². The quantitative estimate of drug-likeness (QED) is 0.763. The highest BCUT2D eigenvalue weighted by atomic mass is 32.1. The van der Waals surface area contributed by atoms with E-state index >= 15 is 0 Å². The lowest BCUT2D eigenvalue weighted by molar-refractivity contribution is 0.237. The van der Waals surface area contributed by atoms with Crippen molar-refractivity contribution >= 4 is 17.4 Å². The topological polar surface area (TPSA) is 92.9 Å². The number of amides is 2. The zero-order valence-electron chi connectivity index (χ0n) is 13.0. The van der Waals surface area contributed by atoms with Crippen LogP contribution in [0.5, 0.6) is 0 Å². The predicted molar refractivity (Wildman–Crippen MR) is 83.8 cm³/mol. The molecule has 120 valence electrons. The van der Waals surface area contributed by atoms with Crippen LogP contribution in [0.1, 0.15) is 48.7 Å². The normalized spacial score (nSPS) is 12.1. The van der Waals surface area contributed by atoms with Crippen LogP contribution in [0.4, 0.5) is 4.79 Å². The van der Waals surface area contributed by atoms with Gasteiger partial charge >= 0.3 is 6.03 Å². The van der Waals surface area contributed by atoms with Crippen molar-refractivity contribution in [2.45, 2.75) is 46.1 Å². The molecule has 0 fully saturated rings. The van der Waals surface area contributed by atoms with E-state index in [2.05, 4.69) is 32.7 Å². The zero-order valence-corrected chi connectivity index (χ0v) is 13.9. The van der Waals surface area contributed by atoms with E-state index in [4.69, 9.17) is 4.52 Å². The van der Waals surface area contributed by atoms with Gasteiger partial charge in [0.1, 0.15) is 0 Å². The molecular weight excluding hydrogens is 302 g/mol. The van der Waals surface area contributed by atoms with Crippen molar-refractivity contribution in [3.8, 4) is 0 Å². The lowest BCUT2D eigenvalue weighted by Crippen LogP contribution is -2.37. The van der Waals surface area contributed by atoms with E-state index in [9.17, 15) is 4.79 Å². The highest BCUT2D eigenvalue weighted by Crippen LogP contribution is 2.16. The van der Waals surface area contributed by atoms with Crippen LogP contribution in [0.3, 0.4) is 0 Å². The van der Waals surface area contributed by atoms with Crippen molar-refractivity contribution in [2.24, 2.45) is 0 Å². The van der Waals surface area contributed by atoms with Gasteiger partial charge in [0.2, 0.25) is 5.89 Å². The minimum Gasteiger partial charge on any atom is -0.339 e. The highest BCUT2D eigenvalue weighted by Gasteiger charge is 2.12. The number of urea groups is 1. The van der Waals surface area contributed by atoms with Crippen LogP contribution in [0.25, 0.3) is 0 Å². The molecule has 2 heterocycles. The summed E-state index contributed by atoms with van der Waals surface area (Å²) in [6.07, 6.45) is 2.32. The summed E-state index contributed by atoms with van der Waals surface area (Å²) in [7, 11) is 0. The number of hydrogen-bond donors (Lipinski definition) is 2. The summed E-state index contributed by atoms with van der Waals surface area (Å²) >= 11 is 1.62. The predicted octanol–water partition coefficient (Wildman–Crippen LogP) is 2.39. The van der Waals surface area contributed by atoms with Crippen LogP contribution in [0, 0.1) is 6.92 Å².